The number of fused-ring (bicyclic) bond motifs is 3. The van der Waals surface area contributed by atoms with Crippen molar-refractivity contribution < 1.29 is 4.79 Å². The Morgan fingerprint density at radius 2 is 1.92 bits per heavy atom. The van der Waals surface area contributed by atoms with Crippen molar-refractivity contribution in [2.24, 2.45) is 4.99 Å². The fraction of sp³-hybridized carbons (Fsp3) is 0.250. The largest absolute Gasteiger partial charge is 0.368 e. The highest BCUT2D eigenvalue weighted by atomic mass is 16.1. The standard InChI is InChI=1S/C20H16N4O/c1-23-7-9-24(10-8-23)15-6-5-12-3-2-4-13-16(12)18(15)19-17(13)14(11-21)20(25)22-19/h2-6H,7-10H2,1H3. The Morgan fingerprint density at radius 3 is 2.68 bits per heavy atom. The van der Waals surface area contributed by atoms with E-state index in [0.717, 1.165) is 59.3 Å². The first kappa shape index (κ1) is 14.4. The minimum absolute atomic E-state index is 0.169. The van der Waals surface area contributed by atoms with Crippen molar-refractivity contribution in [2.45, 2.75) is 0 Å². The lowest BCUT2D eigenvalue weighted by molar-refractivity contribution is -0.113. The first-order chi connectivity index (χ1) is 12.2. The lowest BCUT2D eigenvalue weighted by Crippen LogP contribution is -2.44. The molecule has 0 radical (unpaired) electrons. The molecule has 5 heteroatoms. The summed E-state index contributed by atoms with van der Waals surface area (Å²) in [6, 6.07) is 12.4. The molecule has 0 saturated carbocycles. The molecule has 1 aliphatic carbocycles. The molecule has 0 atom stereocenters. The molecule has 2 aromatic rings. The molecule has 2 aromatic carbocycles. The SMILES string of the molecule is CN1CCN(c2ccc3cccc4c3c2C2=NC(=O)C(C#N)=C24)CC1. The third kappa shape index (κ3) is 1.86. The van der Waals surface area contributed by atoms with Crippen LogP contribution in [0.25, 0.3) is 16.3 Å². The highest BCUT2D eigenvalue weighted by Crippen LogP contribution is 2.46. The molecule has 5 nitrogen and oxygen atoms in total. The van der Waals surface area contributed by atoms with E-state index in [0.29, 0.717) is 5.71 Å². The van der Waals surface area contributed by atoms with Crippen molar-refractivity contribution >= 4 is 33.7 Å². The number of hydrogen-bond acceptors (Lipinski definition) is 4. The maximum Gasteiger partial charge on any atom is 0.288 e. The normalized spacial score (nSPS) is 19.4. The van der Waals surface area contributed by atoms with Crippen molar-refractivity contribution in [1.82, 2.24) is 4.90 Å². The molecule has 2 heterocycles. The number of nitrogens with zero attached hydrogens (tertiary/aromatic N) is 4. The zero-order chi connectivity index (χ0) is 17.1. The molecule has 3 aliphatic rings. The van der Waals surface area contributed by atoms with Crippen LogP contribution in [0, 0.1) is 11.3 Å². The quantitative estimate of drug-likeness (QED) is 0.805. The fourth-order valence-corrected chi connectivity index (χ4v) is 4.11. The Kier molecular flexibility index (Phi) is 2.88. The highest BCUT2D eigenvalue weighted by molar-refractivity contribution is 6.51. The first-order valence-corrected chi connectivity index (χ1v) is 8.47. The predicted molar refractivity (Wildman–Crippen MR) is 97.7 cm³/mol. The number of amides is 1. The van der Waals surface area contributed by atoms with Crippen molar-refractivity contribution in [1.29, 1.82) is 5.26 Å². The van der Waals surface area contributed by atoms with Gasteiger partial charge in [0, 0.05) is 48.4 Å². The van der Waals surface area contributed by atoms with E-state index in [1.807, 2.05) is 12.1 Å². The zero-order valence-electron chi connectivity index (χ0n) is 13.9. The van der Waals surface area contributed by atoms with Gasteiger partial charge in [0.15, 0.2) is 0 Å². The predicted octanol–water partition coefficient (Wildman–Crippen LogP) is 2.21. The molecular weight excluding hydrogens is 312 g/mol. The van der Waals surface area contributed by atoms with Gasteiger partial charge in [0.1, 0.15) is 11.6 Å². The monoisotopic (exact) mass is 328 g/mol. The first-order valence-electron chi connectivity index (χ1n) is 8.47. The number of allylic oxidation sites excluding steroid dienone is 1. The Hall–Kier alpha value is -2.97. The van der Waals surface area contributed by atoms with E-state index in [2.05, 4.69) is 46.1 Å². The van der Waals surface area contributed by atoms with Crippen molar-refractivity contribution in [3.05, 3.63) is 47.0 Å². The number of likely N-dealkylation sites (N-methyl/N-ethyl adjacent to an activating group) is 1. The molecule has 1 amide bonds. The minimum atomic E-state index is -0.414. The summed E-state index contributed by atoms with van der Waals surface area (Å²) in [4.78, 5) is 21.1. The van der Waals surface area contributed by atoms with Crippen LogP contribution in [0.3, 0.4) is 0 Å². The summed E-state index contributed by atoms with van der Waals surface area (Å²) in [5.41, 5.74) is 4.67. The smallest absolute Gasteiger partial charge is 0.288 e. The van der Waals surface area contributed by atoms with Gasteiger partial charge in [0.05, 0.1) is 5.71 Å². The van der Waals surface area contributed by atoms with Gasteiger partial charge in [0.25, 0.3) is 5.91 Å². The molecule has 1 saturated heterocycles. The van der Waals surface area contributed by atoms with Gasteiger partial charge in [-0.1, -0.05) is 24.3 Å². The molecule has 0 spiro atoms. The average molecular weight is 328 g/mol. The van der Waals surface area contributed by atoms with Gasteiger partial charge < -0.3 is 9.80 Å². The number of hydrogen-bond donors (Lipinski definition) is 0. The molecule has 0 unspecified atom stereocenters. The van der Waals surface area contributed by atoms with Gasteiger partial charge in [-0.15, -0.1) is 0 Å². The Labute approximate surface area is 145 Å². The van der Waals surface area contributed by atoms with Crippen molar-refractivity contribution in [3.63, 3.8) is 0 Å². The van der Waals surface area contributed by atoms with Crippen LogP contribution in [-0.4, -0.2) is 49.7 Å². The molecule has 5 rings (SSSR count). The number of carbonyl (C=O) groups is 1. The van der Waals surface area contributed by atoms with Crippen LogP contribution in [0.15, 0.2) is 40.9 Å². The van der Waals surface area contributed by atoms with E-state index in [4.69, 9.17) is 0 Å². The molecule has 1 fully saturated rings. The minimum Gasteiger partial charge on any atom is -0.368 e. The van der Waals surface area contributed by atoms with Gasteiger partial charge in [-0.3, -0.25) is 4.79 Å². The van der Waals surface area contributed by atoms with Crippen LogP contribution < -0.4 is 4.90 Å². The fourth-order valence-electron chi connectivity index (χ4n) is 4.11. The topological polar surface area (TPSA) is 59.7 Å². The van der Waals surface area contributed by atoms with Crippen LogP contribution in [0.5, 0.6) is 0 Å². The Bertz CT molecular complexity index is 1050. The molecular formula is C20H16N4O. The van der Waals surface area contributed by atoms with E-state index in [1.165, 1.54) is 0 Å². The van der Waals surface area contributed by atoms with Gasteiger partial charge in [-0.05, 0) is 24.1 Å². The van der Waals surface area contributed by atoms with Crippen LogP contribution in [0.2, 0.25) is 0 Å². The summed E-state index contributed by atoms with van der Waals surface area (Å²) in [6.45, 7) is 3.92. The maximum absolute atomic E-state index is 12.2. The summed E-state index contributed by atoms with van der Waals surface area (Å²) in [5, 5.41) is 11.7. The summed E-state index contributed by atoms with van der Waals surface area (Å²) in [5.74, 6) is -0.414. The zero-order valence-corrected chi connectivity index (χ0v) is 13.9. The molecule has 0 aromatic heterocycles. The summed E-state index contributed by atoms with van der Waals surface area (Å²) in [7, 11) is 2.13. The van der Waals surface area contributed by atoms with Gasteiger partial charge in [-0.25, -0.2) is 4.99 Å². The van der Waals surface area contributed by atoms with E-state index in [9.17, 15) is 10.1 Å². The van der Waals surface area contributed by atoms with Crippen LogP contribution in [0.1, 0.15) is 11.1 Å². The lowest BCUT2D eigenvalue weighted by Gasteiger charge is -2.35. The van der Waals surface area contributed by atoms with Crippen LogP contribution >= 0.6 is 0 Å². The van der Waals surface area contributed by atoms with Gasteiger partial charge in [-0.2, -0.15) is 5.26 Å². The summed E-state index contributed by atoms with van der Waals surface area (Å²) in [6.07, 6.45) is 0. The number of piperazine rings is 1. The third-order valence-corrected chi connectivity index (χ3v) is 5.40. The molecule has 0 N–H and O–H groups in total. The van der Waals surface area contributed by atoms with E-state index >= 15 is 0 Å². The van der Waals surface area contributed by atoms with Crippen LogP contribution in [0.4, 0.5) is 5.69 Å². The Morgan fingerprint density at radius 1 is 1.12 bits per heavy atom. The van der Waals surface area contributed by atoms with E-state index < -0.39 is 5.91 Å². The number of nitriles is 1. The van der Waals surface area contributed by atoms with Crippen LogP contribution in [-0.2, 0) is 4.79 Å². The van der Waals surface area contributed by atoms with E-state index in [-0.39, 0.29) is 5.57 Å². The Balaban J connectivity index is 1.79. The molecule has 2 aliphatic heterocycles. The van der Waals surface area contributed by atoms with Gasteiger partial charge in [0.2, 0.25) is 0 Å². The second-order valence-electron chi connectivity index (χ2n) is 6.78. The summed E-state index contributed by atoms with van der Waals surface area (Å²) < 4.78 is 0. The van der Waals surface area contributed by atoms with E-state index in [1.54, 1.807) is 0 Å². The number of anilines is 1. The number of rotatable bonds is 1. The number of carbonyl (C=O) groups excluding carboxylic acids is 1. The number of benzene rings is 2. The van der Waals surface area contributed by atoms with Crippen molar-refractivity contribution in [2.75, 3.05) is 38.1 Å². The molecule has 122 valence electrons. The average Bonchev–Trinajstić information content (AvgIpc) is 3.12. The number of aliphatic imine (C=N–C) groups is 1. The second kappa shape index (κ2) is 5.01. The second-order valence-corrected chi connectivity index (χ2v) is 6.78. The van der Waals surface area contributed by atoms with Crippen molar-refractivity contribution in [3.8, 4) is 6.07 Å². The summed E-state index contributed by atoms with van der Waals surface area (Å²) >= 11 is 0. The van der Waals surface area contributed by atoms with Gasteiger partial charge >= 0.3 is 0 Å². The lowest BCUT2D eigenvalue weighted by atomic mass is 10.0. The highest BCUT2D eigenvalue weighted by Gasteiger charge is 2.38. The third-order valence-electron chi connectivity index (χ3n) is 5.40. The maximum atomic E-state index is 12.2. The molecule has 25 heavy (non-hydrogen) atoms. The molecule has 0 bridgehead atoms.